The van der Waals surface area contributed by atoms with Crippen molar-refractivity contribution in [2.75, 3.05) is 0 Å². The van der Waals surface area contributed by atoms with E-state index in [0.29, 0.717) is 10.6 Å². The third kappa shape index (κ3) is 2.14. The molecule has 1 unspecified atom stereocenters. The second kappa shape index (κ2) is 4.39. The molecule has 2 N–H and O–H groups in total. The Bertz CT molecular complexity index is 573. The molecule has 1 aromatic carbocycles. The van der Waals surface area contributed by atoms with E-state index in [0.717, 1.165) is 10.9 Å². The Hall–Kier alpha value is -1.52. The molecule has 0 aliphatic rings. The number of rotatable bonds is 3. The van der Waals surface area contributed by atoms with E-state index in [-0.39, 0.29) is 5.76 Å². The van der Waals surface area contributed by atoms with Crippen LogP contribution in [0.15, 0.2) is 22.6 Å². The van der Waals surface area contributed by atoms with Gasteiger partial charge in [-0.3, -0.25) is 4.79 Å². The zero-order valence-corrected chi connectivity index (χ0v) is 9.86. The highest BCUT2D eigenvalue weighted by Crippen LogP contribution is 2.34. The summed E-state index contributed by atoms with van der Waals surface area (Å²) in [6.07, 6.45) is -1.55. The summed E-state index contributed by atoms with van der Waals surface area (Å²) in [5.41, 5.74) is 1.20. The average Bonchev–Trinajstić information content (AvgIpc) is 2.57. The smallest absolute Gasteiger partial charge is 0.306 e. The first-order valence-corrected chi connectivity index (χ1v) is 5.46. The fourth-order valence-corrected chi connectivity index (χ4v) is 2.02. The lowest BCUT2D eigenvalue weighted by Crippen LogP contribution is -2.05. The number of benzene rings is 1. The van der Waals surface area contributed by atoms with Crippen LogP contribution >= 0.6 is 11.6 Å². The third-order valence-corrected chi connectivity index (χ3v) is 2.92. The Labute approximate surface area is 102 Å². The number of carboxylic acids is 1. The number of carbonyl (C=O) groups is 1. The number of hydrogen-bond acceptors (Lipinski definition) is 3. The van der Waals surface area contributed by atoms with Crippen LogP contribution < -0.4 is 0 Å². The van der Waals surface area contributed by atoms with Gasteiger partial charge >= 0.3 is 5.97 Å². The molecule has 0 radical (unpaired) electrons. The van der Waals surface area contributed by atoms with Gasteiger partial charge < -0.3 is 14.6 Å². The molecular weight excluding hydrogens is 244 g/mol. The number of para-hydroxylation sites is 1. The lowest BCUT2D eigenvalue weighted by Gasteiger charge is -2.04. The van der Waals surface area contributed by atoms with Crippen LogP contribution in [0.1, 0.15) is 23.8 Å². The van der Waals surface area contributed by atoms with E-state index >= 15 is 0 Å². The molecule has 4 nitrogen and oxygen atoms in total. The van der Waals surface area contributed by atoms with Crippen LogP contribution in [0.3, 0.4) is 0 Å². The summed E-state index contributed by atoms with van der Waals surface area (Å²) >= 11 is 5.96. The molecule has 0 aliphatic heterocycles. The van der Waals surface area contributed by atoms with E-state index in [9.17, 15) is 9.90 Å². The van der Waals surface area contributed by atoms with E-state index in [2.05, 4.69) is 0 Å². The second-order valence-electron chi connectivity index (χ2n) is 3.82. The lowest BCUT2D eigenvalue weighted by molar-refractivity contribution is -0.139. The molecule has 90 valence electrons. The maximum atomic E-state index is 10.5. The standard InChI is InChI=1S/C12H11ClO4/c1-6-7-3-2-4-8(13)12(7)17-11(6)9(14)5-10(15)16/h2-4,9,14H,5H2,1H3,(H,15,16). The van der Waals surface area contributed by atoms with Crippen molar-refractivity contribution in [1.82, 2.24) is 0 Å². The molecular formula is C12H11ClO4. The predicted octanol–water partition coefficient (Wildman–Crippen LogP) is 2.90. The maximum absolute atomic E-state index is 10.5. The van der Waals surface area contributed by atoms with Gasteiger partial charge in [-0.25, -0.2) is 0 Å². The average molecular weight is 255 g/mol. The Morgan fingerprint density at radius 2 is 2.24 bits per heavy atom. The van der Waals surface area contributed by atoms with Crippen molar-refractivity contribution >= 4 is 28.5 Å². The van der Waals surface area contributed by atoms with Crippen LogP contribution in [-0.2, 0) is 4.79 Å². The minimum atomic E-state index is -1.16. The van der Waals surface area contributed by atoms with Crippen molar-refractivity contribution in [3.8, 4) is 0 Å². The first-order chi connectivity index (χ1) is 8.00. The van der Waals surface area contributed by atoms with Gasteiger partial charge in [0, 0.05) is 10.9 Å². The van der Waals surface area contributed by atoms with E-state index in [1.165, 1.54) is 0 Å². The van der Waals surface area contributed by atoms with Crippen LogP contribution in [0, 0.1) is 6.92 Å². The first-order valence-electron chi connectivity index (χ1n) is 5.08. The van der Waals surface area contributed by atoms with Gasteiger partial charge in [-0.15, -0.1) is 0 Å². The minimum absolute atomic E-state index is 0.260. The van der Waals surface area contributed by atoms with Crippen LogP contribution in [0.5, 0.6) is 0 Å². The molecule has 17 heavy (non-hydrogen) atoms. The largest absolute Gasteiger partial charge is 0.481 e. The highest BCUT2D eigenvalue weighted by Gasteiger charge is 2.21. The molecule has 0 fully saturated rings. The predicted molar refractivity (Wildman–Crippen MR) is 63.2 cm³/mol. The Morgan fingerprint density at radius 1 is 1.53 bits per heavy atom. The summed E-state index contributed by atoms with van der Waals surface area (Å²) < 4.78 is 5.45. The molecule has 1 heterocycles. The van der Waals surface area contributed by atoms with Gasteiger partial charge in [-0.2, -0.15) is 0 Å². The molecule has 1 atom stereocenters. The first kappa shape index (κ1) is 12.0. The van der Waals surface area contributed by atoms with Crippen molar-refractivity contribution in [3.63, 3.8) is 0 Å². The van der Waals surface area contributed by atoms with Crippen LogP contribution in [0.2, 0.25) is 5.02 Å². The van der Waals surface area contributed by atoms with Crippen molar-refractivity contribution < 1.29 is 19.4 Å². The lowest BCUT2D eigenvalue weighted by atomic mass is 10.1. The molecule has 0 amide bonds. The van der Waals surface area contributed by atoms with Crippen molar-refractivity contribution in [2.24, 2.45) is 0 Å². The summed E-state index contributed by atoms with van der Waals surface area (Å²) in [5, 5.41) is 19.6. The van der Waals surface area contributed by atoms with Gasteiger partial charge in [0.05, 0.1) is 11.4 Å². The van der Waals surface area contributed by atoms with Gasteiger partial charge in [0.1, 0.15) is 11.9 Å². The van der Waals surface area contributed by atoms with Crippen LogP contribution in [0.4, 0.5) is 0 Å². The van der Waals surface area contributed by atoms with Crippen LogP contribution in [-0.4, -0.2) is 16.2 Å². The van der Waals surface area contributed by atoms with E-state index in [1.54, 1.807) is 19.1 Å². The maximum Gasteiger partial charge on any atom is 0.306 e. The number of halogens is 1. The number of furan rings is 1. The van der Waals surface area contributed by atoms with Crippen LogP contribution in [0.25, 0.3) is 11.0 Å². The number of aliphatic hydroxyl groups is 1. The number of hydrogen-bond donors (Lipinski definition) is 2. The number of aryl methyl sites for hydroxylation is 1. The molecule has 0 bridgehead atoms. The van der Waals surface area contributed by atoms with Gasteiger partial charge in [0.25, 0.3) is 0 Å². The fourth-order valence-electron chi connectivity index (χ4n) is 1.80. The molecule has 2 aromatic rings. The van der Waals surface area contributed by atoms with Gasteiger partial charge in [0.15, 0.2) is 5.58 Å². The monoisotopic (exact) mass is 254 g/mol. The molecule has 0 saturated carbocycles. The number of fused-ring (bicyclic) bond motifs is 1. The van der Waals surface area contributed by atoms with E-state index in [1.807, 2.05) is 6.07 Å². The summed E-state index contributed by atoms with van der Waals surface area (Å²) in [7, 11) is 0. The summed E-state index contributed by atoms with van der Waals surface area (Å²) in [6, 6.07) is 5.28. The summed E-state index contributed by atoms with van der Waals surface area (Å²) in [4.78, 5) is 10.5. The third-order valence-electron chi connectivity index (χ3n) is 2.62. The van der Waals surface area contributed by atoms with Gasteiger partial charge in [-0.05, 0) is 13.0 Å². The SMILES string of the molecule is Cc1c(C(O)CC(=O)O)oc2c(Cl)cccc12. The fraction of sp³-hybridized carbons (Fsp3) is 0.250. The zero-order chi connectivity index (χ0) is 12.6. The highest BCUT2D eigenvalue weighted by atomic mass is 35.5. The summed E-state index contributed by atoms with van der Waals surface area (Å²) in [5.74, 6) is -0.820. The van der Waals surface area contributed by atoms with Gasteiger partial charge in [0.2, 0.25) is 0 Å². The Balaban J connectivity index is 2.52. The molecule has 1 aromatic heterocycles. The van der Waals surface area contributed by atoms with E-state index < -0.39 is 18.5 Å². The zero-order valence-electron chi connectivity index (χ0n) is 9.11. The van der Waals surface area contributed by atoms with Crippen molar-refractivity contribution in [1.29, 1.82) is 0 Å². The normalized spacial score (nSPS) is 12.9. The Kier molecular flexibility index (Phi) is 3.09. The number of aliphatic carboxylic acids is 1. The molecule has 5 heteroatoms. The van der Waals surface area contributed by atoms with Gasteiger partial charge in [-0.1, -0.05) is 23.7 Å². The molecule has 0 spiro atoms. The van der Waals surface area contributed by atoms with Crippen molar-refractivity contribution in [3.05, 3.63) is 34.5 Å². The number of aliphatic hydroxyl groups excluding tert-OH is 1. The topological polar surface area (TPSA) is 70.7 Å². The number of carboxylic acid groups (broad SMARTS) is 1. The minimum Gasteiger partial charge on any atom is -0.481 e. The molecule has 0 aliphatic carbocycles. The van der Waals surface area contributed by atoms with Crippen molar-refractivity contribution in [2.45, 2.75) is 19.4 Å². The molecule has 0 saturated heterocycles. The molecule has 2 rings (SSSR count). The summed E-state index contributed by atoms with van der Waals surface area (Å²) in [6.45, 7) is 1.77. The highest BCUT2D eigenvalue weighted by molar-refractivity contribution is 6.34. The quantitative estimate of drug-likeness (QED) is 0.884. The van der Waals surface area contributed by atoms with E-state index in [4.69, 9.17) is 21.1 Å². The second-order valence-corrected chi connectivity index (χ2v) is 4.23. The Morgan fingerprint density at radius 3 is 2.82 bits per heavy atom.